The first-order chi connectivity index (χ1) is 17.2. The Morgan fingerprint density at radius 3 is 2.86 bits per heavy atom. The predicted molar refractivity (Wildman–Crippen MR) is 137 cm³/mol. The molecule has 6 nitrogen and oxygen atoms in total. The SMILES string of the molecule is CC[C@@H]1CN2CC[C@H]1C[C@@H]2[C@H](OC(=O)N1CCc2ccccc21)c1ccnc2ccc(OC)cc12. The number of nitrogens with zero attached hydrogens (tertiary/aromatic N) is 3. The highest BCUT2D eigenvalue weighted by molar-refractivity contribution is 5.91. The van der Waals surface area contributed by atoms with Gasteiger partial charge in [-0.15, -0.1) is 0 Å². The number of rotatable bonds is 5. The Kier molecular flexibility index (Phi) is 5.85. The lowest BCUT2D eigenvalue weighted by Gasteiger charge is -2.51. The normalized spacial score (nSPS) is 25.9. The molecule has 5 atom stereocenters. The van der Waals surface area contributed by atoms with Gasteiger partial charge in [0.1, 0.15) is 11.9 Å². The van der Waals surface area contributed by atoms with Gasteiger partial charge in [0.15, 0.2) is 0 Å². The van der Waals surface area contributed by atoms with Crippen molar-refractivity contribution in [2.45, 2.75) is 44.8 Å². The van der Waals surface area contributed by atoms with E-state index >= 15 is 0 Å². The van der Waals surface area contributed by atoms with Crippen LogP contribution < -0.4 is 9.64 Å². The van der Waals surface area contributed by atoms with Crippen LogP contribution in [-0.4, -0.2) is 48.8 Å². The first-order valence-corrected chi connectivity index (χ1v) is 12.9. The molecule has 2 bridgehead atoms. The molecule has 5 heterocycles. The number of piperidine rings is 3. The number of fused-ring (bicyclic) bond motifs is 5. The molecule has 3 fully saturated rings. The fraction of sp³-hybridized carbons (Fsp3) is 0.448. The maximum atomic E-state index is 13.7. The van der Waals surface area contributed by atoms with Crippen molar-refractivity contribution in [2.75, 3.05) is 31.6 Å². The number of benzene rings is 2. The number of anilines is 1. The quantitative estimate of drug-likeness (QED) is 0.485. The fourth-order valence-corrected chi connectivity index (χ4v) is 6.53. The largest absolute Gasteiger partial charge is 0.497 e. The van der Waals surface area contributed by atoms with Crippen molar-refractivity contribution in [3.8, 4) is 5.75 Å². The van der Waals surface area contributed by atoms with Crippen molar-refractivity contribution in [1.29, 1.82) is 0 Å². The molecule has 0 aliphatic carbocycles. The van der Waals surface area contributed by atoms with Gasteiger partial charge < -0.3 is 9.47 Å². The van der Waals surface area contributed by atoms with Gasteiger partial charge in [-0.25, -0.2) is 4.79 Å². The van der Waals surface area contributed by atoms with Gasteiger partial charge in [-0.05, 0) is 73.5 Å². The second-order valence-corrected chi connectivity index (χ2v) is 10.1. The molecule has 2 aromatic carbocycles. The molecule has 1 unspecified atom stereocenters. The number of para-hydroxylation sites is 1. The number of carbonyl (C=O) groups is 1. The Hall–Kier alpha value is -3.12. The molecular formula is C29H33N3O3. The van der Waals surface area contributed by atoms with Crippen molar-refractivity contribution < 1.29 is 14.3 Å². The molecule has 35 heavy (non-hydrogen) atoms. The van der Waals surface area contributed by atoms with Crippen LogP contribution in [0.4, 0.5) is 10.5 Å². The fourth-order valence-electron chi connectivity index (χ4n) is 6.53. The van der Waals surface area contributed by atoms with Crippen molar-refractivity contribution in [3.63, 3.8) is 0 Å². The predicted octanol–water partition coefficient (Wildman–Crippen LogP) is 5.60. The minimum Gasteiger partial charge on any atom is -0.497 e. The molecule has 0 spiro atoms. The summed E-state index contributed by atoms with van der Waals surface area (Å²) in [5.74, 6) is 2.20. The van der Waals surface area contributed by atoms with Crippen LogP contribution in [0.3, 0.4) is 0 Å². The summed E-state index contributed by atoms with van der Waals surface area (Å²) in [7, 11) is 1.68. The summed E-state index contributed by atoms with van der Waals surface area (Å²) >= 11 is 0. The zero-order chi connectivity index (χ0) is 23.9. The topological polar surface area (TPSA) is 54.9 Å². The van der Waals surface area contributed by atoms with E-state index in [0.29, 0.717) is 12.5 Å². The molecule has 1 aromatic heterocycles. The van der Waals surface area contributed by atoms with Crippen LogP contribution in [0.2, 0.25) is 0 Å². The van der Waals surface area contributed by atoms with Crippen LogP contribution in [0.15, 0.2) is 54.7 Å². The van der Waals surface area contributed by atoms with Crippen molar-refractivity contribution in [2.24, 2.45) is 11.8 Å². The standard InChI is InChI=1S/C29H33N3O3/c1-3-19-18-31-14-11-21(19)16-27(31)28(23-10-13-30-25-9-8-22(34-2)17-24(23)25)35-29(33)32-15-12-20-6-4-5-7-26(20)32/h4-10,13,17,19,21,27-28H,3,11-12,14-16,18H2,1-2H3/t19-,21+,27-,28-/m1/s1. The van der Waals surface area contributed by atoms with E-state index in [1.165, 1.54) is 18.4 Å². The molecular weight excluding hydrogens is 438 g/mol. The molecule has 3 aromatic rings. The molecule has 7 rings (SSSR count). The third-order valence-electron chi connectivity index (χ3n) is 8.43. The Balaban J connectivity index is 1.39. The molecule has 4 aliphatic heterocycles. The zero-order valence-electron chi connectivity index (χ0n) is 20.5. The van der Waals surface area contributed by atoms with Crippen LogP contribution in [0, 0.1) is 11.8 Å². The molecule has 0 saturated carbocycles. The molecule has 6 heteroatoms. The highest BCUT2D eigenvalue weighted by Gasteiger charge is 2.45. The summed E-state index contributed by atoms with van der Waals surface area (Å²) in [4.78, 5) is 22.6. The Labute approximate surface area is 206 Å². The van der Waals surface area contributed by atoms with Crippen LogP contribution in [-0.2, 0) is 11.2 Å². The summed E-state index contributed by atoms with van der Waals surface area (Å²) < 4.78 is 12.0. The van der Waals surface area contributed by atoms with E-state index < -0.39 is 0 Å². The number of pyridine rings is 1. The van der Waals surface area contributed by atoms with Crippen LogP contribution in [0.25, 0.3) is 10.9 Å². The third-order valence-corrected chi connectivity index (χ3v) is 8.43. The Morgan fingerprint density at radius 2 is 2.06 bits per heavy atom. The van der Waals surface area contributed by atoms with Gasteiger partial charge in [0.25, 0.3) is 0 Å². The van der Waals surface area contributed by atoms with Crippen LogP contribution in [0.5, 0.6) is 5.75 Å². The van der Waals surface area contributed by atoms with E-state index in [1.807, 2.05) is 48.7 Å². The molecule has 1 amide bonds. The molecule has 3 saturated heterocycles. The van der Waals surface area contributed by atoms with E-state index in [-0.39, 0.29) is 18.2 Å². The van der Waals surface area contributed by atoms with Gasteiger partial charge in [0.2, 0.25) is 0 Å². The number of methoxy groups -OCH3 is 1. The van der Waals surface area contributed by atoms with E-state index in [0.717, 1.165) is 59.8 Å². The number of hydrogen-bond donors (Lipinski definition) is 0. The Morgan fingerprint density at radius 1 is 1.17 bits per heavy atom. The van der Waals surface area contributed by atoms with Gasteiger partial charge in [-0.2, -0.15) is 0 Å². The van der Waals surface area contributed by atoms with E-state index in [2.05, 4.69) is 22.9 Å². The van der Waals surface area contributed by atoms with E-state index in [1.54, 1.807) is 12.0 Å². The minimum atomic E-state index is -0.367. The van der Waals surface area contributed by atoms with Gasteiger partial charge in [0, 0.05) is 30.2 Å². The summed E-state index contributed by atoms with van der Waals surface area (Å²) in [5, 5.41) is 0.987. The highest BCUT2D eigenvalue weighted by Crippen LogP contribution is 2.44. The second-order valence-electron chi connectivity index (χ2n) is 10.1. The number of amides is 1. The van der Waals surface area contributed by atoms with Gasteiger partial charge in [-0.1, -0.05) is 31.5 Å². The number of carbonyl (C=O) groups excluding carboxylic acids is 1. The van der Waals surface area contributed by atoms with Crippen LogP contribution in [0.1, 0.15) is 43.4 Å². The van der Waals surface area contributed by atoms with Crippen LogP contribution >= 0.6 is 0 Å². The minimum absolute atomic E-state index is 0.162. The lowest BCUT2D eigenvalue weighted by Crippen LogP contribution is -2.56. The molecule has 4 aliphatic rings. The maximum absolute atomic E-state index is 13.7. The van der Waals surface area contributed by atoms with Crippen molar-refractivity contribution in [1.82, 2.24) is 9.88 Å². The summed E-state index contributed by atoms with van der Waals surface area (Å²) in [5.41, 5.74) is 4.07. The van der Waals surface area contributed by atoms with Gasteiger partial charge >= 0.3 is 6.09 Å². The lowest BCUT2D eigenvalue weighted by atomic mass is 9.72. The number of ether oxygens (including phenoxy) is 2. The van der Waals surface area contributed by atoms with Gasteiger partial charge in [0.05, 0.1) is 24.4 Å². The molecule has 0 radical (unpaired) electrons. The summed E-state index contributed by atoms with van der Waals surface area (Å²) in [6.45, 7) is 5.11. The first kappa shape index (κ1) is 22.4. The summed E-state index contributed by atoms with van der Waals surface area (Å²) in [6.07, 6.45) is 5.57. The van der Waals surface area contributed by atoms with Crippen molar-refractivity contribution in [3.05, 3.63) is 65.9 Å². The monoisotopic (exact) mass is 471 g/mol. The van der Waals surface area contributed by atoms with Gasteiger partial charge in [-0.3, -0.25) is 14.8 Å². The smallest absolute Gasteiger partial charge is 0.414 e. The average Bonchev–Trinajstić information content (AvgIpc) is 3.35. The third kappa shape index (κ3) is 3.94. The first-order valence-electron chi connectivity index (χ1n) is 12.9. The second kappa shape index (κ2) is 9.15. The maximum Gasteiger partial charge on any atom is 0.414 e. The highest BCUT2D eigenvalue weighted by atomic mass is 16.6. The molecule has 182 valence electrons. The Bertz CT molecular complexity index is 1240. The van der Waals surface area contributed by atoms with E-state index in [9.17, 15) is 4.79 Å². The number of aromatic nitrogens is 1. The lowest BCUT2D eigenvalue weighted by molar-refractivity contribution is -0.0593. The van der Waals surface area contributed by atoms with Crippen molar-refractivity contribution >= 4 is 22.7 Å². The summed E-state index contributed by atoms with van der Waals surface area (Å²) in [6, 6.07) is 16.3. The van der Waals surface area contributed by atoms with E-state index in [4.69, 9.17) is 9.47 Å². The average molecular weight is 472 g/mol. The number of hydrogen-bond acceptors (Lipinski definition) is 5. The molecule has 0 N–H and O–H groups in total. The zero-order valence-corrected chi connectivity index (χ0v) is 20.5.